The van der Waals surface area contributed by atoms with Crippen LogP contribution >= 0.6 is 10.0 Å². The number of fused-ring (bicyclic) bond motifs is 1. The third-order valence-electron chi connectivity index (χ3n) is 7.29. The van der Waals surface area contributed by atoms with Crippen LogP contribution in [0.15, 0.2) is 30.3 Å². The molecular weight excluding hydrogens is 454 g/mol. The van der Waals surface area contributed by atoms with Gasteiger partial charge in [-0.05, 0) is 57.4 Å². The number of rotatable bonds is 5. The maximum absolute atomic E-state index is 13.3. The number of H-pyrrole nitrogens is 1. The minimum Gasteiger partial charge on any atom is -0.378 e. The SMILES string of the molecule is CC1(C)c2[nH]nc(NC(=O)C3(S(C)(C)C)CCC3)c2CN1C(=O)NC(=O)C(O)c1ccccc1. The van der Waals surface area contributed by atoms with E-state index in [1.165, 1.54) is 4.90 Å². The van der Waals surface area contributed by atoms with Crippen LogP contribution < -0.4 is 10.6 Å². The van der Waals surface area contributed by atoms with E-state index in [1.807, 2.05) is 13.8 Å². The van der Waals surface area contributed by atoms with Crippen LogP contribution in [-0.4, -0.2) is 61.6 Å². The fraction of sp³-hybridized carbons (Fsp3) is 0.500. The molecule has 184 valence electrons. The normalized spacial score (nSPS) is 19.5. The van der Waals surface area contributed by atoms with Crippen molar-refractivity contribution in [2.45, 2.75) is 56.0 Å². The van der Waals surface area contributed by atoms with E-state index in [0.29, 0.717) is 17.1 Å². The van der Waals surface area contributed by atoms with Crippen LogP contribution in [0.4, 0.5) is 10.6 Å². The summed E-state index contributed by atoms with van der Waals surface area (Å²) in [5.41, 5.74) is 1.04. The van der Waals surface area contributed by atoms with Gasteiger partial charge in [-0.2, -0.15) is 5.10 Å². The molecule has 1 aliphatic carbocycles. The molecule has 0 bridgehead atoms. The van der Waals surface area contributed by atoms with Gasteiger partial charge in [-0.3, -0.25) is 20.0 Å². The van der Waals surface area contributed by atoms with Crippen molar-refractivity contribution in [2.75, 3.05) is 24.1 Å². The number of carbonyl (C=O) groups is 3. The number of aromatic nitrogens is 2. The minimum absolute atomic E-state index is 0.0163. The zero-order valence-corrected chi connectivity index (χ0v) is 21.1. The fourth-order valence-corrected chi connectivity index (χ4v) is 6.93. The number of hydrogen-bond acceptors (Lipinski definition) is 5. The second-order valence-electron chi connectivity index (χ2n) is 10.3. The number of nitrogens with one attached hydrogen (secondary N) is 3. The second kappa shape index (κ2) is 8.42. The lowest BCUT2D eigenvalue weighted by Gasteiger charge is -2.53. The van der Waals surface area contributed by atoms with Gasteiger partial charge in [0.05, 0.1) is 22.5 Å². The molecule has 1 aliphatic heterocycles. The van der Waals surface area contributed by atoms with Gasteiger partial charge in [0.15, 0.2) is 11.9 Å². The van der Waals surface area contributed by atoms with Gasteiger partial charge in [-0.15, -0.1) is 0 Å². The van der Waals surface area contributed by atoms with Crippen LogP contribution in [0.3, 0.4) is 0 Å². The number of imide groups is 1. The molecule has 1 fully saturated rings. The number of anilines is 1. The van der Waals surface area contributed by atoms with E-state index in [-0.39, 0.29) is 17.2 Å². The van der Waals surface area contributed by atoms with Crippen molar-refractivity contribution in [3.05, 3.63) is 47.2 Å². The molecule has 0 saturated heterocycles. The average Bonchev–Trinajstić information content (AvgIpc) is 3.24. The molecule has 1 aromatic heterocycles. The predicted molar refractivity (Wildman–Crippen MR) is 133 cm³/mol. The number of aliphatic hydroxyl groups excluding tert-OH is 1. The van der Waals surface area contributed by atoms with Gasteiger partial charge >= 0.3 is 6.03 Å². The molecule has 4 rings (SSSR count). The van der Waals surface area contributed by atoms with Crippen molar-refractivity contribution in [3.63, 3.8) is 0 Å². The molecular formula is C24H33N5O4S. The van der Waals surface area contributed by atoms with E-state index in [4.69, 9.17) is 0 Å². The quantitative estimate of drug-likeness (QED) is 0.516. The molecule has 10 heteroatoms. The highest BCUT2D eigenvalue weighted by Gasteiger charge is 2.51. The molecule has 4 amide bonds. The molecule has 2 heterocycles. The smallest absolute Gasteiger partial charge is 0.325 e. The minimum atomic E-state index is -1.45. The lowest BCUT2D eigenvalue weighted by Crippen LogP contribution is -2.51. The highest BCUT2D eigenvalue weighted by atomic mass is 32.3. The van der Waals surface area contributed by atoms with Crippen molar-refractivity contribution in [2.24, 2.45) is 0 Å². The molecule has 1 aromatic carbocycles. The first-order valence-electron chi connectivity index (χ1n) is 11.3. The summed E-state index contributed by atoms with van der Waals surface area (Å²) in [5, 5.41) is 23.0. The Labute approximate surface area is 201 Å². The van der Waals surface area contributed by atoms with Crippen LogP contribution in [0.25, 0.3) is 0 Å². The Balaban J connectivity index is 1.49. The van der Waals surface area contributed by atoms with Gasteiger partial charge in [-0.1, -0.05) is 30.3 Å². The van der Waals surface area contributed by atoms with E-state index in [1.54, 1.807) is 30.3 Å². The standard InChI is InChI=1S/C24H33N5O4S/c1-23(2)18-16(19(28-27-18)25-21(32)24(12-9-13-24)34(3,4)5)14-29(23)22(33)26-20(31)17(30)15-10-7-6-8-11-15/h6-8,10-11,17,30H,9,12-14H2,1-5H3,(H,26,31,33)(H2,25,27,28,32). The fourth-order valence-electron chi connectivity index (χ4n) is 4.81. The summed E-state index contributed by atoms with van der Waals surface area (Å²) in [4.78, 5) is 40.3. The summed E-state index contributed by atoms with van der Waals surface area (Å²) in [6, 6.07) is 7.81. The molecule has 2 aromatic rings. The number of aliphatic hydroxyl groups is 1. The zero-order valence-electron chi connectivity index (χ0n) is 20.3. The Morgan fingerprint density at radius 3 is 2.35 bits per heavy atom. The van der Waals surface area contributed by atoms with Crippen LogP contribution in [-0.2, 0) is 21.7 Å². The summed E-state index contributed by atoms with van der Waals surface area (Å²) >= 11 is 0. The lowest BCUT2D eigenvalue weighted by molar-refractivity contribution is -0.128. The first-order chi connectivity index (χ1) is 15.9. The zero-order chi connectivity index (χ0) is 24.9. The van der Waals surface area contributed by atoms with Crippen LogP contribution in [0, 0.1) is 0 Å². The largest absolute Gasteiger partial charge is 0.378 e. The Bertz CT molecular complexity index is 1120. The first-order valence-corrected chi connectivity index (χ1v) is 14.2. The summed E-state index contributed by atoms with van der Waals surface area (Å²) in [7, 11) is -1.12. The van der Waals surface area contributed by atoms with Crippen molar-refractivity contribution in [1.82, 2.24) is 20.4 Å². The molecule has 0 radical (unpaired) electrons. The van der Waals surface area contributed by atoms with Gasteiger partial charge in [0.2, 0.25) is 5.91 Å². The van der Waals surface area contributed by atoms with Crippen molar-refractivity contribution in [1.29, 1.82) is 0 Å². The van der Waals surface area contributed by atoms with E-state index in [9.17, 15) is 19.5 Å². The predicted octanol–water partition coefficient (Wildman–Crippen LogP) is 2.99. The number of benzene rings is 1. The average molecular weight is 488 g/mol. The summed E-state index contributed by atoms with van der Waals surface area (Å²) in [6.07, 6.45) is 7.82. The molecule has 9 nitrogen and oxygen atoms in total. The molecule has 1 unspecified atom stereocenters. The second-order valence-corrected chi connectivity index (χ2v) is 14.8. The molecule has 2 aliphatic rings. The topological polar surface area (TPSA) is 127 Å². The third-order valence-corrected chi connectivity index (χ3v) is 10.2. The number of hydrogen-bond donors (Lipinski definition) is 4. The third kappa shape index (κ3) is 3.88. The number of amides is 4. The molecule has 0 spiro atoms. The summed E-state index contributed by atoms with van der Waals surface area (Å²) < 4.78 is -0.357. The summed E-state index contributed by atoms with van der Waals surface area (Å²) in [5.74, 6) is -0.388. The number of carbonyl (C=O) groups excluding carboxylic acids is 3. The van der Waals surface area contributed by atoms with Gasteiger partial charge in [0.1, 0.15) is 0 Å². The first kappa shape index (κ1) is 24.3. The molecule has 1 atom stereocenters. The Morgan fingerprint density at radius 2 is 1.79 bits per heavy atom. The number of urea groups is 1. The molecule has 4 N–H and O–H groups in total. The Hall–Kier alpha value is -2.85. The van der Waals surface area contributed by atoms with Crippen LogP contribution in [0.2, 0.25) is 0 Å². The number of nitrogens with zero attached hydrogens (tertiary/aromatic N) is 2. The highest BCUT2D eigenvalue weighted by Crippen LogP contribution is 2.60. The molecule has 34 heavy (non-hydrogen) atoms. The maximum atomic E-state index is 13.3. The van der Waals surface area contributed by atoms with Gasteiger partial charge in [-0.25, -0.2) is 14.8 Å². The molecule has 1 saturated carbocycles. The van der Waals surface area contributed by atoms with Crippen LogP contribution in [0.5, 0.6) is 0 Å². The van der Waals surface area contributed by atoms with Gasteiger partial charge in [0, 0.05) is 5.56 Å². The van der Waals surface area contributed by atoms with Gasteiger partial charge < -0.3 is 15.3 Å². The lowest BCUT2D eigenvalue weighted by atomic mass is 9.83. The van der Waals surface area contributed by atoms with E-state index in [0.717, 1.165) is 24.8 Å². The number of aromatic amines is 1. The van der Waals surface area contributed by atoms with E-state index >= 15 is 0 Å². The van der Waals surface area contributed by atoms with Crippen molar-refractivity contribution >= 4 is 33.7 Å². The Morgan fingerprint density at radius 1 is 1.15 bits per heavy atom. The highest BCUT2D eigenvalue weighted by molar-refractivity contribution is 8.33. The monoisotopic (exact) mass is 487 g/mol. The van der Waals surface area contributed by atoms with Crippen molar-refractivity contribution in [3.8, 4) is 0 Å². The Kier molecular flexibility index (Phi) is 6.02. The van der Waals surface area contributed by atoms with Crippen molar-refractivity contribution < 1.29 is 19.5 Å². The van der Waals surface area contributed by atoms with E-state index < -0.39 is 33.6 Å². The van der Waals surface area contributed by atoms with E-state index in [2.05, 4.69) is 39.6 Å². The van der Waals surface area contributed by atoms with Crippen LogP contribution in [0.1, 0.15) is 56.0 Å². The van der Waals surface area contributed by atoms with Gasteiger partial charge in [0.25, 0.3) is 5.91 Å². The summed E-state index contributed by atoms with van der Waals surface area (Å²) in [6.45, 7) is 3.85. The maximum Gasteiger partial charge on any atom is 0.325 e.